The van der Waals surface area contributed by atoms with Gasteiger partial charge in [-0.3, -0.25) is 4.79 Å². The lowest BCUT2D eigenvalue weighted by Gasteiger charge is -2.57. The van der Waals surface area contributed by atoms with Crippen molar-refractivity contribution in [1.29, 1.82) is 0 Å². The lowest BCUT2D eigenvalue weighted by molar-refractivity contribution is -0.0105. The highest BCUT2D eigenvalue weighted by molar-refractivity contribution is 5.94. The highest BCUT2D eigenvalue weighted by Crippen LogP contribution is 2.59. The van der Waals surface area contributed by atoms with Crippen LogP contribution in [-0.2, 0) is 0 Å². The third-order valence-corrected chi connectivity index (χ3v) is 7.69. The summed E-state index contributed by atoms with van der Waals surface area (Å²) < 4.78 is 5.35. The SMILES string of the molecule is COc1cccc(C(=O)N(CCN2CCCCC2)CC2=CCC3CC2C3(C)C)c1. The molecule has 1 aromatic rings. The molecule has 0 aromatic heterocycles. The molecule has 29 heavy (non-hydrogen) atoms. The first kappa shape index (κ1) is 20.5. The van der Waals surface area contributed by atoms with Gasteiger partial charge in [0, 0.05) is 25.2 Å². The lowest BCUT2D eigenvalue weighted by Crippen LogP contribution is -2.51. The number of hydrogen-bond donors (Lipinski definition) is 0. The van der Waals surface area contributed by atoms with Crippen LogP contribution in [0.1, 0.15) is 56.3 Å². The maximum atomic E-state index is 13.5. The Morgan fingerprint density at radius 2 is 2.03 bits per heavy atom. The molecule has 0 radical (unpaired) electrons. The summed E-state index contributed by atoms with van der Waals surface area (Å²) in [5, 5.41) is 0. The molecular weight excluding hydrogens is 360 g/mol. The summed E-state index contributed by atoms with van der Waals surface area (Å²) in [4.78, 5) is 18.1. The third-order valence-electron chi connectivity index (χ3n) is 7.69. The minimum Gasteiger partial charge on any atom is -0.497 e. The highest BCUT2D eigenvalue weighted by Gasteiger charge is 2.51. The number of benzene rings is 1. The molecule has 2 unspecified atom stereocenters. The van der Waals surface area contributed by atoms with Gasteiger partial charge in [0.1, 0.15) is 5.75 Å². The van der Waals surface area contributed by atoms with Crippen molar-refractivity contribution < 1.29 is 9.53 Å². The summed E-state index contributed by atoms with van der Waals surface area (Å²) in [7, 11) is 1.65. The second kappa shape index (κ2) is 8.51. The monoisotopic (exact) mass is 396 g/mol. The Morgan fingerprint density at radius 1 is 1.24 bits per heavy atom. The molecule has 1 amide bonds. The first-order valence-corrected chi connectivity index (χ1v) is 11.3. The maximum absolute atomic E-state index is 13.5. The molecule has 1 saturated heterocycles. The zero-order valence-corrected chi connectivity index (χ0v) is 18.3. The molecule has 0 N–H and O–H groups in total. The van der Waals surface area contributed by atoms with Crippen LogP contribution in [0, 0.1) is 17.3 Å². The number of ether oxygens (including phenoxy) is 1. The van der Waals surface area contributed by atoms with Crippen LogP contribution in [0.4, 0.5) is 0 Å². The highest BCUT2D eigenvalue weighted by atomic mass is 16.5. The van der Waals surface area contributed by atoms with Gasteiger partial charge in [-0.05, 0) is 74.2 Å². The number of carbonyl (C=O) groups is 1. The summed E-state index contributed by atoms with van der Waals surface area (Å²) in [6.45, 7) is 9.68. The summed E-state index contributed by atoms with van der Waals surface area (Å²) in [5.41, 5.74) is 2.60. The largest absolute Gasteiger partial charge is 0.497 e. The van der Waals surface area contributed by atoms with Crippen LogP contribution in [-0.4, -0.2) is 55.5 Å². The molecule has 2 fully saturated rings. The predicted octanol–water partition coefficient (Wildman–Crippen LogP) is 4.62. The zero-order chi connectivity index (χ0) is 20.4. The number of amides is 1. The average Bonchev–Trinajstić information content (AvgIpc) is 2.76. The molecule has 4 heteroatoms. The van der Waals surface area contributed by atoms with E-state index in [4.69, 9.17) is 4.74 Å². The molecule has 0 spiro atoms. The molecular formula is C25H36N2O2. The average molecular weight is 397 g/mol. The van der Waals surface area contributed by atoms with Gasteiger partial charge in [-0.2, -0.15) is 0 Å². The zero-order valence-electron chi connectivity index (χ0n) is 18.3. The Balaban J connectivity index is 1.50. The number of methoxy groups -OCH3 is 1. The van der Waals surface area contributed by atoms with Crippen molar-refractivity contribution in [1.82, 2.24) is 9.80 Å². The van der Waals surface area contributed by atoms with E-state index >= 15 is 0 Å². The van der Waals surface area contributed by atoms with E-state index in [1.807, 2.05) is 24.3 Å². The quantitative estimate of drug-likeness (QED) is 0.631. The summed E-state index contributed by atoms with van der Waals surface area (Å²) in [6.07, 6.45) is 8.81. The van der Waals surface area contributed by atoms with Crippen molar-refractivity contribution in [2.24, 2.45) is 17.3 Å². The minimum atomic E-state index is 0.126. The van der Waals surface area contributed by atoms with Crippen LogP contribution >= 0.6 is 0 Å². The van der Waals surface area contributed by atoms with Gasteiger partial charge in [0.25, 0.3) is 5.91 Å². The fraction of sp³-hybridized carbons (Fsp3) is 0.640. The van der Waals surface area contributed by atoms with E-state index in [0.29, 0.717) is 11.3 Å². The van der Waals surface area contributed by atoms with Crippen molar-refractivity contribution >= 4 is 5.91 Å². The normalized spacial score (nSPS) is 25.7. The second-order valence-corrected chi connectivity index (χ2v) is 9.68. The van der Waals surface area contributed by atoms with Crippen molar-refractivity contribution in [2.45, 2.75) is 46.0 Å². The number of nitrogens with zero attached hydrogens (tertiary/aromatic N) is 2. The minimum absolute atomic E-state index is 0.126. The van der Waals surface area contributed by atoms with E-state index in [-0.39, 0.29) is 5.91 Å². The van der Waals surface area contributed by atoms with Crippen molar-refractivity contribution in [3.8, 4) is 5.75 Å². The van der Waals surface area contributed by atoms with Gasteiger partial charge in [-0.25, -0.2) is 0 Å². The Morgan fingerprint density at radius 3 is 2.72 bits per heavy atom. The number of likely N-dealkylation sites (tertiary alicyclic amines) is 1. The number of fused-ring (bicyclic) bond motifs is 1. The molecule has 1 heterocycles. The smallest absolute Gasteiger partial charge is 0.254 e. The van der Waals surface area contributed by atoms with Gasteiger partial charge in [0.2, 0.25) is 0 Å². The van der Waals surface area contributed by atoms with Gasteiger partial charge >= 0.3 is 0 Å². The van der Waals surface area contributed by atoms with Crippen LogP contribution in [0.5, 0.6) is 5.75 Å². The van der Waals surface area contributed by atoms with Crippen LogP contribution in [0.3, 0.4) is 0 Å². The molecule has 1 aliphatic heterocycles. The Labute approximate surface area is 175 Å². The van der Waals surface area contributed by atoms with Gasteiger partial charge in [-0.1, -0.05) is 38.0 Å². The van der Waals surface area contributed by atoms with Crippen molar-refractivity contribution in [2.75, 3.05) is 39.8 Å². The van der Waals surface area contributed by atoms with E-state index in [1.165, 1.54) is 50.8 Å². The van der Waals surface area contributed by atoms with Crippen LogP contribution in [0.25, 0.3) is 0 Å². The van der Waals surface area contributed by atoms with Gasteiger partial charge < -0.3 is 14.5 Å². The maximum Gasteiger partial charge on any atom is 0.254 e. The number of carbonyl (C=O) groups excluding carboxylic acids is 1. The van der Waals surface area contributed by atoms with E-state index in [2.05, 4.69) is 29.7 Å². The fourth-order valence-electron chi connectivity index (χ4n) is 5.51. The van der Waals surface area contributed by atoms with Gasteiger partial charge in [-0.15, -0.1) is 0 Å². The second-order valence-electron chi connectivity index (χ2n) is 9.68. The van der Waals surface area contributed by atoms with Crippen LogP contribution < -0.4 is 4.74 Å². The third kappa shape index (κ3) is 4.23. The van der Waals surface area contributed by atoms with Gasteiger partial charge in [0.05, 0.1) is 7.11 Å². The first-order chi connectivity index (χ1) is 14.0. The molecule has 4 nitrogen and oxygen atoms in total. The summed E-state index contributed by atoms with van der Waals surface area (Å²) in [6, 6.07) is 7.59. The summed E-state index contributed by atoms with van der Waals surface area (Å²) >= 11 is 0. The number of hydrogen-bond acceptors (Lipinski definition) is 3. The molecule has 158 valence electrons. The fourth-order valence-corrected chi connectivity index (χ4v) is 5.51. The lowest BCUT2D eigenvalue weighted by atomic mass is 9.49. The van der Waals surface area contributed by atoms with E-state index in [1.54, 1.807) is 7.11 Å². The van der Waals surface area contributed by atoms with E-state index in [0.717, 1.165) is 36.9 Å². The van der Waals surface area contributed by atoms with Crippen molar-refractivity contribution in [3.05, 3.63) is 41.5 Å². The van der Waals surface area contributed by atoms with Crippen LogP contribution in [0.15, 0.2) is 35.9 Å². The number of allylic oxidation sites excluding steroid dienone is 1. The molecule has 2 atom stereocenters. The standard InChI is InChI=1S/C25H36N2O2/c1-25(2)21-11-10-20(23(25)17-21)18-27(15-14-26-12-5-4-6-13-26)24(28)19-8-7-9-22(16-19)29-3/h7-10,16,21,23H,4-6,11-15,17-18H2,1-3H3. The summed E-state index contributed by atoms with van der Waals surface area (Å²) in [5.74, 6) is 2.33. The Kier molecular flexibility index (Phi) is 6.00. The molecule has 4 aliphatic rings. The van der Waals surface area contributed by atoms with Crippen molar-refractivity contribution in [3.63, 3.8) is 0 Å². The molecule has 2 bridgehead atoms. The molecule has 5 rings (SSSR count). The Hall–Kier alpha value is -1.81. The Bertz CT molecular complexity index is 764. The van der Waals surface area contributed by atoms with Gasteiger partial charge in [0.15, 0.2) is 0 Å². The number of piperidine rings is 1. The first-order valence-electron chi connectivity index (χ1n) is 11.3. The predicted molar refractivity (Wildman–Crippen MR) is 117 cm³/mol. The molecule has 1 saturated carbocycles. The number of rotatable bonds is 7. The van der Waals surface area contributed by atoms with E-state index in [9.17, 15) is 4.79 Å². The van der Waals surface area contributed by atoms with Crippen LogP contribution in [0.2, 0.25) is 0 Å². The molecule has 3 aliphatic carbocycles. The topological polar surface area (TPSA) is 32.8 Å². The molecule has 1 aromatic carbocycles. The van der Waals surface area contributed by atoms with E-state index < -0.39 is 0 Å².